The lowest BCUT2D eigenvalue weighted by molar-refractivity contribution is 0.0626. The van der Waals surface area contributed by atoms with E-state index in [0.717, 1.165) is 12.1 Å². The smallest absolute Gasteiger partial charge is 0.371 e. The van der Waals surface area contributed by atoms with Gasteiger partial charge in [0, 0.05) is 24.3 Å². The van der Waals surface area contributed by atoms with Gasteiger partial charge in [0.15, 0.2) is 10.9 Å². The number of aliphatic hydroxyl groups is 1. The molecule has 0 saturated heterocycles. The molecule has 3 N–H and O–H groups in total. The molecule has 0 fully saturated rings. The molecule has 174 valence electrons. The van der Waals surface area contributed by atoms with Crippen molar-refractivity contribution in [2.45, 2.75) is 6.10 Å². The number of rotatable bonds is 8. The second kappa shape index (κ2) is 9.08. The number of ether oxygens (including phenoxy) is 2. The summed E-state index contributed by atoms with van der Waals surface area (Å²) in [6, 6.07) is 10.2. The maximum Gasteiger partial charge on any atom is 0.371 e. The summed E-state index contributed by atoms with van der Waals surface area (Å²) in [5, 5.41) is 28.6. The van der Waals surface area contributed by atoms with E-state index >= 15 is 0 Å². The number of fused-ring (bicyclic) bond motifs is 2. The minimum absolute atomic E-state index is 0.0199. The quantitative estimate of drug-likeness (QED) is 0.345. The molecule has 2 aromatic carbocycles. The molecule has 0 atom stereocenters. The van der Waals surface area contributed by atoms with E-state index in [9.17, 15) is 24.3 Å². The molecule has 2 heterocycles. The SMILES string of the molecule is O=C(O)c1cc(=O)c2ccc(OCC(O)COc3ccc4c(=O)cc(C(=O)O)oc4c3)cc2o1. The van der Waals surface area contributed by atoms with Crippen LogP contribution in [0.5, 0.6) is 11.5 Å². The summed E-state index contributed by atoms with van der Waals surface area (Å²) in [5.41, 5.74) is -0.987. The lowest BCUT2D eigenvalue weighted by atomic mass is 10.2. The Balaban J connectivity index is 1.41. The lowest BCUT2D eigenvalue weighted by Gasteiger charge is -2.14. The predicted molar refractivity (Wildman–Crippen MR) is 116 cm³/mol. The van der Waals surface area contributed by atoms with Crippen LogP contribution in [0.25, 0.3) is 21.9 Å². The first-order chi connectivity index (χ1) is 16.2. The second-order valence-corrected chi connectivity index (χ2v) is 7.15. The van der Waals surface area contributed by atoms with Crippen molar-refractivity contribution >= 4 is 33.9 Å². The van der Waals surface area contributed by atoms with Crippen molar-refractivity contribution in [3.63, 3.8) is 0 Å². The van der Waals surface area contributed by atoms with Crippen molar-refractivity contribution in [3.8, 4) is 11.5 Å². The first-order valence-corrected chi connectivity index (χ1v) is 9.77. The van der Waals surface area contributed by atoms with Crippen molar-refractivity contribution < 1.29 is 43.2 Å². The highest BCUT2D eigenvalue weighted by Gasteiger charge is 2.14. The van der Waals surface area contributed by atoms with Crippen LogP contribution in [0.3, 0.4) is 0 Å². The fourth-order valence-corrected chi connectivity index (χ4v) is 3.09. The molecule has 0 bridgehead atoms. The van der Waals surface area contributed by atoms with E-state index in [4.69, 9.17) is 28.5 Å². The number of hydrogen-bond donors (Lipinski definition) is 3. The Morgan fingerprint density at radius 3 is 1.53 bits per heavy atom. The molecule has 4 rings (SSSR count). The van der Waals surface area contributed by atoms with Crippen LogP contribution in [-0.2, 0) is 0 Å². The molecule has 4 aromatic rings. The lowest BCUT2D eigenvalue weighted by Crippen LogP contribution is -2.25. The van der Waals surface area contributed by atoms with E-state index in [1.165, 1.54) is 36.4 Å². The molecule has 11 heteroatoms. The zero-order valence-corrected chi connectivity index (χ0v) is 17.2. The summed E-state index contributed by atoms with van der Waals surface area (Å²) in [6.07, 6.45) is -1.10. The number of carboxylic acids is 2. The van der Waals surface area contributed by atoms with Crippen molar-refractivity contribution in [2.24, 2.45) is 0 Å². The van der Waals surface area contributed by atoms with E-state index in [-0.39, 0.29) is 46.7 Å². The van der Waals surface area contributed by atoms with Crippen molar-refractivity contribution in [1.29, 1.82) is 0 Å². The van der Waals surface area contributed by atoms with Crippen molar-refractivity contribution in [1.82, 2.24) is 0 Å². The van der Waals surface area contributed by atoms with Gasteiger partial charge in [-0.2, -0.15) is 0 Å². The summed E-state index contributed by atoms with van der Waals surface area (Å²) in [5.74, 6) is -3.33. The number of aromatic carboxylic acids is 2. The molecule has 34 heavy (non-hydrogen) atoms. The fourth-order valence-electron chi connectivity index (χ4n) is 3.09. The summed E-state index contributed by atoms with van der Waals surface area (Å²) >= 11 is 0. The van der Waals surface area contributed by atoms with Gasteiger partial charge in [-0.25, -0.2) is 9.59 Å². The van der Waals surface area contributed by atoms with Gasteiger partial charge in [0.1, 0.15) is 42.0 Å². The zero-order valence-electron chi connectivity index (χ0n) is 17.2. The molecular weight excluding hydrogens is 452 g/mol. The highest BCUT2D eigenvalue weighted by molar-refractivity contribution is 5.88. The topological polar surface area (TPSA) is 174 Å². The molecule has 0 spiro atoms. The molecule has 0 radical (unpaired) electrons. The Bertz CT molecular complexity index is 1410. The van der Waals surface area contributed by atoms with E-state index in [1.807, 2.05) is 0 Å². The summed E-state index contributed by atoms with van der Waals surface area (Å²) in [6.45, 7) is -0.416. The van der Waals surface area contributed by atoms with Crippen LogP contribution in [0.15, 0.2) is 67.0 Å². The highest BCUT2D eigenvalue weighted by Crippen LogP contribution is 2.22. The van der Waals surface area contributed by atoms with Gasteiger partial charge in [-0.3, -0.25) is 9.59 Å². The summed E-state index contributed by atoms with van der Waals surface area (Å²) in [7, 11) is 0. The summed E-state index contributed by atoms with van der Waals surface area (Å²) in [4.78, 5) is 46.1. The number of aliphatic hydroxyl groups excluding tert-OH is 1. The third kappa shape index (κ3) is 4.74. The number of hydrogen-bond acceptors (Lipinski definition) is 9. The van der Waals surface area contributed by atoms with E-state index in [0.29, 0.717) is 0 Å². The predicted octanol–water partition coefficient (Wildman–Crippen LogP) is 2.11. The maximum absolute atomic E-state index is 12.0. The number of benzene rings is 2. The minimum Gasteiger partial charge on any atom is -0.491 e. The summed E-state index contributed by atoms with van der Waals surface area (Å²) < 4.78 is 21.3. The normalized spacial score (nSPS) is 11.1. The third-order valence-corrected chi connectivity index (χ3v) is 4.71. The van der Waals surface area contributed by atoms with Crippen LogP contribution in [0.1, 0.15) is 21.1 Å². The standard InChI is InChI=1S/C23H16O11/c24-11(9-31-12-1-3-14-16(25)7-20(22(27)28)33-18(14)5-12)10-32-13-2-4-15-17(26)8-21(23(29)30)34-19(15)6-13/h1-8,11,24H,9-10H2,(H,27,28)(H,29,30). The van der Waals surface area contributed by atoms with E-state index in [2.05, 4.69) is 0 Å². The third-order valence-electron chi connectivity index (χ3n) is 4.71. The van der Waals surface area contributed by atoms with Crippen LogP contribution in [0.2, 0.25) is 0 Å². The Kier molecular flexibility index (Phi) is 6.02. The Hall–Kier alpha value is -4.64. The number of carboxylic acid groups (broad SMARTS) is 2. The van der Waals surface area contributed by atoms with Gasteiger partial charge in [0.25, 0.3) is 0 Å². The molecule has 0 aliphatic heterocycles. The molecule has 11 nitrogen and oxygen atoms in total. The Morgan fingerprint density at radius 2 is 1.15 bits per heavy atom. The molecule has 0 amide bonds. The number of carbonyl (C=O) groups is 2. The van der Waals surface area contributed by atoms with Crippen LogP contribution < -0.4 is 20.3 Å². The van der Waals surface area contributed by atoms with Gasteiger partial charge in [0.2, 0.25) is 11.5 Å². The van der Waals surface area contributed by atoms with E-state index < -0.39 is 40.4 Å². The van der Waals surface area contributed by atoms with Crippen LogP contribution in [0.4, 0.5) is 0 Å². The molecular formula is C23H16O11. The van der Waals surface area contributed by atoms with Gasteiger partial charge in [-0.1, -0.05) is 0 Å². The highest BCUT2D eigenvalue weighted by atomic mass is 16.5. The van der Waals surface area contributed by atoms with Crippen molar-refractivity contribution in [3.05, 3.63) is 80.5 Å². The average Bonchev–Trinajstić information content (AvgIpc) is 2.80. The Morgan fingerprint density at radius 1 is 0.735 bits per heavy atom. The van der Waals surface area contributed by atoms with Crippen LogP contribution in [0, 0.1) is 0 Å². The first kappa shape index (κ1) is 22.6. The van der Waals surface area contributed by atoms with Gasteiger partial charge in [-0.05, 0) is 24.3 Å². The van der Waals surface area contributed by atoms with Crippen molar-refractivity contribution in [2.75, 3.05) is 13.2 Å². The second-order valence-electron chi connectivity index (χ2n) is 7.15. The Labute approximate surface area is 189 Å². The van der Waals surface area contributed by atoms with Gasteiger partial charge in [-0.15, -0.1) is 0 Å². The van der Waals surface area contributed by atoms with Gasteiger partial charge < -0.3 is 33.6 Å². The average molecular weight is 468 g/mol. The van der Waals surface area contributed by atoms with Crippen LogP contribution in [-0.4, -0.2) is 46.6 Å². The fraction of sp³-hybridized carbons (Fsp3) is 0.130. The molecule has 0 saturated carbocycles. The van der Waals surface area contributed by atoms with Crippen LogP contribution >= 0.6 is 0 Å². The monoisotopic (exact) mass is 468 g/mol. The maximum atomic E-state index is 12.0. The van der Waals surface area contributed by atoms with Gasteiger partial charge in [0.05, 0.1) is 10.8 Å². The zero-order chi connectivity index (χ0) is 24.4. The molecule has 0 unspecified atom stereocenters. The first-order valence-electron chi connectivity index (χ1n) is 9.77. The largest absolute Gasteiger partial charge is 0.491 e. The minimum atomic E-state index is -1.38. The molecule has 0 aliphatic carbocycles. The molecule has 2 aromatic heterocycles. The molecule has 0 aliphatic rings. The van der Waals surface area contributed by atoms with E-state index in [1.54, 1.807) is 0 Å². The van der Waals surface area contributed by atoms with Gasteiger partial charge >= 0.3 is 11.9 Å².